The molecule has 78 valence electrons. The van der Waals surface area contributed by atoms with Gasteiger partial charge in [0.15, 0.2) is 0 Å². The van der Waals surface area contributed by atoms with E-state index in [1.54, 1.807) is 0 Å². The van der Waals surface area contributed by atoms with Crippen LogP contribution in [0.15, 0.2) is 12.3 Å². The van der Waals surface area contributed by atoms with Crippen LogP contribution >= 0.6 is 0 Å². The van der Waals surface area contributed by atoms with E-state index in [0.29, 0.717) is 0 Å². The lowest BCUT2D eigenvalue weighted by atomic mass is 9.82. The van der Waals surface area contributed by atoms with Crippen molar-refractivity contribution < 1.29 is 0 Å². The van der Waals surface area contributed by atoms with Gasteiger partial charge in [0.2, 0.25) is 0 Å². The molecule has 1 heterocycles. The second-order valence-electron chi connectivity index (χ2n) is 4.29. The normalized spacial score (nSPS) is 26.1. The highest BCUT2D eigenvalue weighted by molar-refractivity contribution is 5.00. The van der Waals surface area contributed by atoms with Gasteiger partial charge in [0.05, 0.1) is 5.69 Å². The summed E-state index contributed by atoms with van der Waals surface area (Å²) in [5.41, 5.74) is 1.30. The summed E-state index contributed by atoms with van der Waals surface area (Å²) in [4.78, 5) is 0. The van der Waals surface area contributed by atoms with Crippen LogP contribution in [0.1, 0.15) is 32.4 Å². The Bertz CT molecular complexity index is 286. The van der Waals surface area contributed by atoms with E-state index in [2.05, 4.69) is 35.0 Å². The first-order valence-corrected chi connectivity index (χ1v) is 5.53. The zero-order valence-electron chi connectivity index (χ0n) is 9.03. The van der Waals surface area contributed by atoms with E-state index >= 15 is 0 Å². The van der Waals surface area contributed by atoms with Gasteiger partial charge in [0, 0.05) is 25.3 Å². The molecule has 2 rings (SSSR count). The molecule has 3 nitrogen and oxygen atoms in total. The average molecular weight is 193 g/mol. The highest BCUT2D eigenvalue weighted by Crippen LogP contribution is 2.26. The molecular formula is C11H19N3. The summed E-state index contributed by atoms with van der Waals surface area (Å²) >= 11 is 0. The van der Waals surface area contributed by atoms with Crippen LogP contribution in [0.3, 0.4) is 0 Å². The summed E-state index contributed by atoms with van der Waals surface area (Å²) in [6.45, 7) is 6.37. The minimum atomic E-state index is 0.741. The molecule has 3 heteroatoms. The van der Waals surface area contributed by atoms with Crippen molar-refractivity contribution in [1.29, 1.82) is 0 Å². The summed E-state index contributed by atoms with van der Waals surface area (Å²) < 4.78 is 2.05. The molecule has 1 aliphatic carbocycles. The Hall–Kier alpha value is -0.830. The Morgan fingerprint density at radius 2 is 2.36 bits per heavy atom. The van der Waals surface area contributed by atoms with Gasteiger partial charge < -0.3 is 5.32 Å². The van der Waals surface area contributed by atoms with Crippen LogP contribution in [-0.2, 0) is 13.1 Å². The minimum Gasteiger partial charge on any atom is -0.308 e. The molecule has 1 aromatic heterocycles. The smallest absolute Gasteiger partial charge is 0.0522 e. The maximum absolute atomic E-state index is 4.25. The molecule has 0 atom stereocenters. The van der Waals surface area contributed by atoms with E-state index in [-0.39, 0.29) is 0 Å². The molecule has 0 amide bonds. The fourth-order valence-electron chi connectivity index (χ4n) is 2.11. The van der Waals surface area contributed by atoms with E-state index < -0.39 is 0 Å². The molecule has 0 radical (unpaired) electrons. The third kappa shape index (κ3) is 1.98. The van der Waals surface area contributed by atoms with Crippen LogP contribution in [0.2, 0.25) is 0 Å². The Morgan fingerprint density at radius 3 is 3.00 bits per heavy atom. The van der Waals surface area contributed by atoms with Crippen molar-refractivity contribution in [2.45, 2.75) is 45.8 Å². The zero-order valence-corrected chi connectivity index (χ0v) is 9.03. The van der Waals surface area contributed by atoms with Gasteiger partial charge in [-0.25, -0.2) is 0 Å². The number of aryl methyl sites for hydroxylation is 1. The molecule has 1 aromatic rings. The fraction of sp³-hybridized carbons (Fsp3) is 0.727. The number of nitrogens with one attached hydrogen (secondary N) is 1. The Balaban J connectivity index is 1.80. The zero-order chi connectivity index (χ0) is 9.97. The molecule has 0 aliphatic heterocycles. The molecule has 0 bridgehead atoms. The van der Waals surface area contributed by atoms with Crippen LogP contribution < -0.4 is 5.32 Å². The molecule has 1 N–H and O–H groups in total. The summed E-state index contributed by atoms with van der Waals surface area (Å²) in [6.07, 6.45) is 4.55. The van der Waals surface area contributed by atoms with Gasteiger partial charge in [0.1, 0.15) is 0 Å². The second-order valence-corrected chi connectivity index (χ2v) is 4.29. The summed E-state index contributed by atoms with van der Waals surface area (Å²) in [7, 11) is 0. The highest BCUT2D eigenvalue weighted by Gasteiger charge is 2.24. The van der Waals surface area contributed by atoms with Crippen molar-refractivity contribution in [1.82, 2.24) is 15.1 Å². The Labute approximate surface area is 85.5 Å². The summed E-state index contributed by atoms with van der Waals surface area (Å²) in [5.74, 6) is 0.920. The topological polar surface area (TPSA) is 29.9 Å². The van der Waals surface area contributed by atoms with Gasteiger partial charge >= 0.3 is 0 Å². The maximum Gasteiger partial charge on any atom is 0.0522 e. The molecule has 0 spiro atoms. The standard InChI is InChI=1S/C11H19N3/c1-3-14-11(4-5-13-14)8-12-10-6-9(2)7-10/h4-5,9-10,12H,3,6-8H2,1-2H3. The number of hydrogen-bond donors (Lipinski definition) is 1. The molecular weight excluding hydrogens is 174 g/mol. The van der Waals surface area contributed by atoms with Gasteiger partial charge in [-0.15, -0.1) is 0 Å². The number of hydrogen-bond acceptors (Lipinski definition) is 2. The first-order valence-electron chi connectivity index (χ1n) is 5.53. The van der Waals surface area contributed by atoms with Gasteiger partial charge in [-0.1, -0.05) is 6.92 Å². The van der Waals surface area contributed by atoms with E-state index in [1.807, 2.05) is 6.20 Å². The van der Waals surface area contributed by atoms with Crippen LogP contribution in [0.25, 0.3) is 0 Å². The molecule has 1 aliphatic rings. The van der Waals surface area contributed by atoms with E-state index in [4.69, 9.17) is 0 Å². The lowest BCUT2D eigenvalue weighted by Gasteiger charge is -2.33. The van der Waals surface area contributed by atoms with Crippen molar-refractivity contribution in [2.24, 2.45) is 5.92 Å². The highest BCUT2D eigenvalue weighted by atomic mass is 15.3. The lowest BCUT2D eigenvalue weighted by Crippen LogP contribution is -2.39. The predicted molar refractivity (Wildman–Crippen MR) is 56.9 cm³/mol. The minimum absolute atomic E-state index is 0.741. The number of rotatable bonds is 4. The molecule has 14 heavy (non-hydrogen) atoms. The summed E-state index contributed by atoms with van der Waals surface area (Å²) in [5, 5.41) is 7.81. The van der Waals surface area contributed by atoms with Gasteiger partial charge in [0.25, 0.3) is 0 Å². The van der Waals surface area contributed by atoms with Crippen molar-refractivity contribution >= 4 is 0 Å². The van der Waals surface area contributed by atoms with Crippen LogP contribution in [-0.4, -0.2) is 15.8 Å². The van der Waals surface area contributed by atoms with Crippen molar-refractivity contribution in [2.75, 3.05) is 0 Å². The monoisotopic (exact) mass is 193 g/mol. The average Bonchev–Trinajstić information content (AvgIpc) is 2.57. The predicted octanol–water partition coefficient (Wildman–Crippen LogP) is 1.79. The van der Waals surface area contributed by atoms with Gasteiger partial charge in [-0.05, 0) is 31.7 Å². The van der Waals surface area contributed by atoms with Crippen molar-refractivity contribution in [3.63, 3.8) is 0 Å². The van der Waals surface area contributed by atoms with E-state index in [9.17, 15) is 0 Å². The Morgan fingerprint density at radius 1 is 1.57 bits per heavy atom. The van der Waals surface area contributed by atoms with Crippen LogP contribution in [0.4, 0.5) is 0 Å². The maximum atomic E-state index is 4.25. The Kier molecular flexibility index (Phi) is 2.87. The fourth-order valence-corrected chi connectivity index (χ4v) is 2.11. The largest absolute Gasteiger partial charge is 0.308 e. The number of aromatic nitrogens is 2. The first-order chi connectivity index (χ1) is 6.79. The van der Waals surface area contributed by atoms with Crippen molar-refractivity contribution in [3.05, 3.63) is 18.0 Å². The molecule has 0 aromatic carbocycles. The first kappa shape index (κ1) is 9.71. The van der Waals surface area contributed by atoms with E-state index in [0.717, 1.165) is 25.0 Å². The van der Waals surface area contributed by atoms with Gasteiger partial charge in [-0.3, -0.25) is 4.68 Å². The lowest BCUT2D eigenvalue weighted by molar-refractivity contribution is 0.238. The third-order valence-corrected chi connectivity index (χ3v) is 3.05. The van der Waals surface area contributed by atoms with Crippen molar-refractivity contribution in [3.8, 4) is 0 Å². The second kappa shape index (κ2) is 4.13. The third-order valence-electron chi connectivity index (χ3n) is 3.05. The molecule has 1 saturated carbocycles. The summed E-state index contributed by atoms with van der Waals surface area (Å²) in [6, 6.07) is 2.84. The SMILES string of the molecule is CCn1nccc1CNC1CC(C)C1. The van der Waals surface area contributed by atoms with Crippen LogP contribution in [0.5, 0.6) is 0 Å². The van der Waals surface area contributed by atoms with E-state index in [1.165, 1.54) is 18.5 Å². The van der Waals surface area contributed by atoms with Gasteiger partial charge in [-0.2, -0.15) is 5.10 Å². The quantitative estimate of drug-likeness (QED) is 0.790. The van der Waals surface area contributed by atoms with Crippen LogP contribution in [0, 0.1) is 5.92 Å². The molecule has 1 fully saturated rings. The molecule has 0 unspecified atom stereocenters. The molecule has 0 saturated heterocycles. The number of nitrogens with zero attached hydrogens (tertiary/aromatic N) is 2.